The summed E-state index contributed by atoms with van der Waals surface area (Å²) in [4.78, 5) is 0. The number of hydrogen-bond acceptors (Lipinski definition) is 2. The molecule has 1 atom stereocenters. The molecule has 1 rings (SSSR count). The van der Waals surface area contributed by atoms with Gasteiger partial charge in [-0.1, -0.05) is 45.2 Å². The highest BCUT2D eigenvalue weighted by Gasteiger charge is 2.12. The van der Waals surface area contributed by atoms with Gasteiger partial charge in [-0.3, -0.25) is 0 Å². The summed E-state index contributed by atoms with van der Waals surface area (Å²) in [6, 6.07) is 7.23. The summed E-state index contributed by atoms with van der Waals surface area (Å²) in [5, 5.41) is 3.48. The first-order valence-corrected chi connectivity index (χ1v) is 7.45. The number of nitrogens with one attached hydrogen (secondary N) is 1. The Morgan fingerprint density at radius 2 is 1.95 bits per heavy atom. The first-order chi connectivity index (χ1) is 9.67. The van der Waals surface area contributed by atoms with Crippen LogP contribution < -0.4 is 10.1 Å². The number of rotatable bonds is 10. The van der Waals surface area contributed by atoms with Gasteiger partial charge in [0.05, 0.1) is 0 Å². The van der Waals surface area contributed by atoms with Crippen molar-refractivity contribution < 1.29 is 13.5 Å². The topological polar surface area (TPSA) is 21.3 Å². The normalized spacial score (nSPS) is 12.7. The molecule has 0 aromatic heterocycles. The van der Waals surface area contributed by atoms with Crippen LogP contribution in [0, 0.1) is 0 Å². The summed E-state index contributed by atoms with van der Waals surface area (Å²) in [6.45, 7) is 2.45. The van der Waals surface area contributed by atoms with Gasteiger partial charge in [0.1, 0.15) is 5.75 Å². The molecule has 0 amide bonds. The third-order valence-corrected chi connectivity index (χ3v) is 3.22. The zero-order valence-electron chi connectivity index (χ0n) is 12.4. The Morgan fingerprint density at radius 3 is 2.60 bits per heavy atom. The van der Waals surface area contributed by atoms with Crippen molar-refractivity contribution in [2.45, 2.75) is 58.6 Å². The van der Waals surface area contributed by atoms with Crippen LogP contribution in [0.3, 0.4) is 0 Å². The fourth-order valence-electron chi connectivity index (χ4n) is 2.21. The summed E-state index contributed by atoms with van der Waals surface area (Å²) in [6.07, 6.45) is 5.58. The smallest absolute Gasteiger partial charge is 0.387 e. The average molecular weight is 285 g/mol. The molecule has 0 heterocycles. The van der Waals surface area contributed by atoms with E-state index in [1.807, 2.05) is 6.07 Å². The van der Waals surface area contributed by atoms with Crippen LogP contribution in [0.15, 0.2) is 24.3 Å². The van der Waals surface area contributed by atoms with E-state index in [0.29, 0.717) is 0 Å². The van der Waals surface area contributed by atoms with Crippen LogP contribution >= 0.6 is 0 Å². The summed E-state index contributed by atoms with van der Waals surface area (Å²) in [5.41, 5.74) is 1.02. The van der Waals surface area contributed by atoms with Crippen LogP contribution in [0.5, 0.6) is 5.75 Å². The molecule has 1 aromatic carbocycles. The number of halogens is 2. The lowest BCUT2D eigenvalue weighted by Crippen LogP contribution is -2.22. The maximum Gasteiger partial charge on any atom is 0.387 e. The Balaban J connectivity index is 2.71. The van der Waals surface area contributed by atoms with E-state index in [1.54, 1.807) is 18.2 Å². The van der Waals surface area contributed by atoms with Crippen LogP contribution in [0.1, 0.15) is 57.6 Å². The monoisotopic (exact) mass is 285 g/mol. The van der Waals surface area contributed by atoms with Crippen LogP contribution in [-0.4, -0.2) is 13.2 Å². The number of hydrogen-bond donors (Lipinski definition) is 1. The molecule has 1 N–H and O–H groups in total. The molecule has 0 bridgehead atoms. The van der Waals surface area contributed by atoms with Crippen molar-refractivity contribution in [1.82, 2.24) is 5.32 Å². The van der Waals surface area contributed by atoms with E-state index in [1.165, 1.54) is 12.8 Å². The number of benzene rings is 1. The highest BCUT2D eigenvalue weighted by atomic mass is 19.3. The minimum atomic E-state index is -2.77. The summed E-state index contributed by atoms with van der Waals surface area (Å²) < 4.78 is 29.0. The van der Waals surface area contributed by atoms with E-state index in [2.05, 4.69) is 23.9 Å². The predicted octanol–water partition coefficient (Wildman–Crippen LogP) is 4.91. The molecule has 0 saturated heterocycles. The highest BCUT2D eigenvalue weighted by molar-refractivity contribution is 5.30. The molecule has 0 spiro atoms. The Morgan fingerprint density at radius 1 is 1.15 bits per heavy atom. The van der Waals surface area contributed by atoms with E-state index in [4.69, 9.17) is 0 Å². The van der Waals surface area contributed by atoms with Crippen molar-refractivity contribution in [2.24, 2.45) is 0 Å². The van der Waals surface area contributed by atoms with Gasteiger partial charge in [-0.2, -0.15) is 8.78 Å². The molecule has 0 aliphatic carbocycles. The molecule has 0 radical (unpaired) electrons. The Labute approximate surface area is 120 Å². The molecule has 0 aliphatic heterocycles. The van der Waals surface area contributed by atoms with E-state index >= 15 is 0 Å². The van der Waals surface area contributed by atoms with Crippen molar-refractivity contribution in [3.8, 4) is 5.75 Å². The minimum Gasteiger partial charge on any atom is -0.435 e. The third-order valence-electron chi connectivity index (χ3n) is 3.22. The van der Waals surface area contributed by atoms with Crippen LogP contribution in [0.25, 0.3) is 0 Å². The van der Waals surface area contributed by atoms with Gasteiger partial charge >= 0.3 is 6.61 Å². The second-order valence-electron chi connectivity index (χ2n) is 4.95. The molecule has 0 aliphatic rings. The summed E-state index contributed by atoms with van der Waals surface area (Å²) >= 11 is 0. The molecule has 2 nitrogen and oxygen atoms in total. The van der Waals surface area contributed by atoms with E-state index in [0.717, 1.165) is 31.4 Å². The second kappa shape index (κ2) is 9.70. The van der Waals surface area contributed by atoms with Gasteiger partial charge in [0.25, 0.3) is 0 Å². The zero-order chi connectivity index (χ0) is 14.8. The summed E-state index contributed by atoms with van der Waals surface area (Å²) in [7, 11) is 0. The standard InChI is InChI=1S/C16H25F2NO/c1-3-5-6-10-15(19-11-4-2)13-8-7-9-14(12-13)20-16(17)18/h7-9,12,15-16,19H,3-6,10-11H2,1-2H3. The number of alkyl halides is 2. The lowest BCUT2D eigenvalue weighted by Gasteiger charge is -2.19. The van der Waals surface area contributed by atoms with Crippen molar-refractivity contribution in [3.63, 3.8) is 0 Å². The average Bonchev–Trinajstić information content (AvgIpc) is 2.42. The largest absolute Gasteiger partial charge is 0.435 e. The van der Waals surface area contributed by atoms with Gasteiger partial charge in [-0.25, -0.2) is 0 Å². The van der Waals surface area contributed by atoms with Gasteiger partial charge < -0.3 is 10.1 Å². The molecule has 0 saturated carbocycles. The van der Waals surface area contributed by atoms with Gasteiger partial charge in [0.2, 0.25) is 0 Å². The quantitative estimate of drug-likeness (QED) is 0.617. The van der Waals surface area contributed by atoms with Crippen molar-refractivity contribution in [1.29, 1.82) is 0 Å². The first kappa shape index (κ1) is 16.9. The van der Waals surface area contributed by atoms with Crippen LogP contribution in [-0.2, 0) is 0 Å². The van der Waals surface area contributed by atoms with E-state index in [9.17, 15) is 8.78 Å². The lowest BCUT2D eigenvalue weighted by atomic mass is 10.00. The molecule has 4 heteroatoms. The van der Waals surface area contributed by atoms with Crippen LogP contribution in [0.4, 0.5) is 8.78 Å². The van der Waals surface area contributed by atoms with Gasteiger partial charge in [-0.05, 0) is 37.1 Å². The first-order valence-electron chi connectivity index (χ1n) is 7.45. The molecule has 0 fully saturated rings. The molecule has 1 aromatic rings. The van der Waals surface area contributed by atoms with E-state index < -0.39 is 6.61 Å². The van der Waals surface area contributed by atoms with Gasteiger partial charge in [0, 0.05) is 6.04 Å². The molecular weight excluding hydrogens is 260 g/mol. The Hall–Kier alpha value is -1.16. The SMILES string of the molecule is CCCCCC(NCCC)c1cccc(OC(F)F)c1. The molecule has 20 heavy (non-hydrogen) atoms. The summed E-state index contributed by atoms with van der Waals surface area (Å²) in [5.74, 6) is 0.233. The van der Waals surface area contributed by atoms with Crippen LogP contribution in [0.2, 0.25) is 0 Å². The lowest BCUT2D eigenvalue weighted by molar-refractivity contribution is -0.0499. The second-order valence-corrected chi connectivity index (χ2v) is 4.95. The molecule has 114 valence electrons. The van der Waals surface area contributed by atoms with Crippen molar-refractivity contribution in [3.05, 3.63) is 29.8 Å². The maximum absolute atomic E-state index is 12.3. The third kappa shape index (κ3) is 6.33. The fourth-order valence-corrected chi connectivity index (χ4v) is 2.21. The Kier molecular flexibility index (Phi) is 8.19. The molecular formula is C16H25F2NO. The van der Waals surface area contributed by atoms with Gasteiger partial charge in [0.15, 0.2) is 0 Å². The van der Waals surface area contributed by atoms with Crippen molar-refractivity contribution >= 4 is 0 Å². The van der Waals surface area contributed by atoms with Crippen molar-refractivity contribution in [2.75, 3.05) is 6.54 Å². The predicted molar refractivity (Wildman–Crippen MR) is 78.3 cm³/mol. The number of unbranched alkanes of at least 4 members (excludes halogenated alkanes) is 2. The highest BCUT2D eigenvalue weighted by Crippen LogP contribution is 2.24. The zero-order valence-corrected chi connectivity index (χ0v) is 12.4. The van der Waals surface area contributed by atoms with Gasteiger partial charge in [-0.15, -0.1) is 0 Å². The fraction of sp³-hybridized carbons (Fsp3) is 0.625. The Bertz CT molecular complexity index is 371. The number of ether oxygens (including phenoxy) is 1. The maximum atomic E-state index is 12.3. The van der Waals surface area contributed by atoms with E-state index in [-0.39, 0.29) is 11.8 Å². The molecule has 1 unspecified atom stereocenters. The minimum absolute atomic E-state index is 0.211.